The van der Waals surface area contributed by atoms with Gasteiger partial charge in [0.05, 0.1) is 11.1 Å². The zero-order valence-electron chi connectivity index (χ0n) is 12.7. The molecule has 3 nitrogen and oxygen atoms in total. The molecular formula is C16H25NO2. The molecule has 3 heteroatoms. The number of hydrogen-bond acceptors (Lipinski definition) is 2. The van der Waals surface area contributed by atoms with Gasteiger partial charge >= 0.3 is 0 Å². The summed E-state index contributed by atoms with van der Waals surface area (Å²) in [6.45, 7) is 17.1. The zero-order valence-corrected chi connectivity index (χ0v) is 12.7. The van der Waals surface area contributed by atoms with Gasteiger partial charge in [0.1, 0.15) is 0 Å². The van der Waals surface area contributed by atoms with Crippen molar-refractivity contribution < 1.29 is 9.59 Å². The van der Waals surface area contributed by atoms with E-state index in [1.165, 1.54) is 17.1 Å². The van der Waals surface area contributed by atoms with Crippen LogP contribution in [0.4, 0.5) is 0 Å². The summed E-state index contributed by atoms with van der Waals surface area (Å²) in [5.74, 6) is -0.516. The quantitative estimate of drug-likeness (QED) is 0.710. The molecule has 0 unspecified atom stereocenters. The van der Waals surface area contributed by atoms with Crippen molar-refractivity contribution >= 4 is 11.8 Å². The van der Waals surface area contributed by atoms with E-state index in [1.54, 1.807) is 0 Å². The Morgan fingerprint density at radius 1 is 1.00 bits per heavy atom. The monoisotopic (exact) mass is 263 g/mol. The maximum absolute atomic E-state index is 12.2. The van der Waals surface area contributed by atoms with E-state index in [1.807, 2.05) is 34.6 Å². The second kappa shape index (κ2) is 7.07. The molecule has 0 saturated carbocycles. The van der Waals surface area contributed by atoms with Gasteiger partial charge in [-0.25, -0.2) is 0 Å². The largest absolute Gasteiger partial charge is 0.269 e. The zero-order chi connectivity index (χ0) is 15.2. The van der Waals surface area contributed by atoms with Gasteiger partial charge in [-0.05, 0) is 19.8 Å². The third-order valence-corrected chi connectivity index (χ3v) is 3.63. The molecule has 2 amide bonds. The fraction of sp³-hybridized carbons (Fsp3) is 0.500. The number of carbonyl (C=O) groups excluding carboxylic acids is 2. The Hall–Kier alpha value is -1.64. The normalized spacial score (nSPS) is 15.3. The van der Waals surface area contributed by atoms with Crippen LogP contribution in [0.1, 0.15) is 47.5 Å². The number of hydrogen-bond donors (Lipinski definition) is 0. The Balaban J connectivity index is 0.00000154. The molecular weight excluding hydrogens is 238 g/mol. The van der Waals surface area contributed by atoms with Gasteiger partial charge in [0, 0.05) is 5.54 Å². The second-order valence-corrected chi connectivity index (χ2v) is 4.39. The number of nitrogens with zero attached hydrogens (tertiary/aromatic N) is 1. The van der Waals surface area contributed by atoms with Crippen LogP contribution in [0, 0.1) is 0 Å². The summed E-state index contributed by atoms with van der Waals surface area (Å²) in [5.41, 5.74) is 0.281. The molecule has 0 aliphatic carbocycles. The minimum absolute atomic E-state index is 0.258. The molecule has 1 rings (SSSR count). The van der Waals surface area contributed by atoms with Crippen molar-refractivity contribution in [3.8, 4) is 0 Å². The molecule has 1 aliphatic heterocycles. The van der Waals surface area contributed by atoms with Crippen LogP contribution in [-0.4, -0.2) is 22.3 Å². The number of carbonyl (C=O) groups is 2. The van der Waals surface area contributed by atoms with E-state index in [9.17, 15) is 9.59 Å². The number of amides is 2. The lowest BCUT2D eigenvalue weighted by Crippen LogP contribution is -2.49. The molecule has 0 N–H and O–H groups in total. The summed E-state index contributed by atoms with van der Waals surface area (Å²) < 4.78 is 0. The van der Waals surface area contributed by atoms with Crippen molar-refractivity contribution in [2.75, 3.05) is 0 Å². The lowest BCUT2D eigenvalue weighted by molar-refractivity contribution is -0.144. The van der Waals surface area contributed by atoms with Crippen molar-refractivity contribution in [1.29, 1.82) is 0 Å². The van der Waals surface area contributed by atoms with Gasteiger partial charge in [-0.1, -0.05) is 53.0 Å². The van der Waals surface area contributed by atoms with E-state index >= 15 is 0 Å². The van der Waals surface area contributed by atoms with Crippen LogP contribution in [0.25, 0.3) is 0 Å². The Morgan fingerprint density at radius 3 is 1.53 bits per heavy atom. The fourth-order valence-corrected chi connectivity index (χ4v) is 2.01. The molecule has 0 aromatic rings. The van der Waals surface area contributed by atoms with E-state index < -0.39 is 5.54 Å². The standard InChI is InChI=1S/C14H19NO2.C2H6/c1-6-10-11(7-2)13(17)15(12(10)16)14(5,8-3)9-4;1-2/h6-7H,1-2,8-9H2,3-5H3;1-2H3. The van der Waals surface area contributed by atoms with Gasteiger partial charge < -0.3 is 0 Å². The second-order valence-electron chi connectivity index (χ2n) is 4.39. The van der Waals surface area contributed by atoms with Crippen molar-refractivity contribution in [3.05, 3.63) is 36.5 Å². The molecule has 1 aliphatic rings. The summed E-state index contributed by atoms with van der Waals surface area (Å²) in [4.78, 5) is 25.8. The first kappa shape index (κ1) is 17.4. The summed E-state index contributed by atoms with van der Waals surface area (Å²) in [6.07, 6.45) is 4.33. The molecule has 0 atom stereocenters. The van der Waals surface area contributed by atoms with Crippen LogP contribution >= 0.6 is 0 Å². The minimum Gasteiger partial charge on any atom is -0.269 e. The highest BCUT2D eigenvalue weighted by Crippen LogP contribution is 2.33. The third-order valence-electron chi connectivity index (χ3n) is 3.63. The maximum Gasteiger partial charge on any atom is 0.262 e. The highest BCUT2D eigenvalue weighted by atomic mass is 16.2. The molecule has 0 saturated heterocycles. The molecule has 19 heavy (non-hydrogen) atoms. The summed E-state index contributed by atoms with van der Waals surface area (Å²) in [6, 6.07) is 0. The van der Waals surface area contributed by atoms with E-state index in [4.69, 9.17) is 0 Å². The van der Waals surface area contributed by atoms with E-state index in [0.29, 0.717) is 11.1 Å². The molecule has 0 aromatic heterocycles. The molecule has 1 heterocycles. The van der Waals surface area contributed by atoms with Gasteiger partial charge in [-0.2, -0.15) is 0 Å². The van der Waals surface area contributed by atoms with Gasteiger partial charge in [-0.15, -0.1) is 0 Å². The molecule has 0 aromatic carbocycles. The van der Waals surface area contributed by atoms with Crippen LogP contribution in [-0.2, 0) is 9.59 Å². The van der Waals surface area contributed by atoms with Crippen LogP contribution in [0.2, 0.25) is 0 Å². The summed E-state index contributed by atoms with van der Waals surface area (Å²) in [7, 11) is 0. The van der Waals surface area contributed by atoms with Crippen molar-refractivity contribution in [2.45, 2.75) is 53.0 Å². The first-order valence-corrected chi connectivity index (χ1v) is 6.84. The Morgan fingerprint density at radius 2 is 1.32 bits per heavy atom. The van der Waals surface area contributed by atoms with Gasteiger partial charge in [0.25, 0.3) is 11.8 Å². The van der Waals surface area contributed by atoms with Gasteiger partial charge in [-0.3, -0.25) is 14.5 Å². The first-order chi connectivity index (χ1) is 8.96. The molecule has 0 radical (unpaired) electrons. The number of imide groups is 1. The van der Waals surface area contributed by atoms with Crippen LogP contribution in [0.3, 0.4) is 0 Å². The smallest absolute Gasteiger partial charge is 0.262 e. The highest BCUT2D eigenvalue weighted by molar-refractivity contribution is 6.22. The maximum atomic E-state index is 12.2. The topological polar surface area (TPSA) is 37.4 Å². The number of rotatable bonds is 5. The highest BCUT2D eigenvalue weighted by Gasteiger charge is 2.44. The Bertz CT molecular complexity index is 384. The van der Waals surface area contributed by atoms with Crippen molar-refractivity contribution in [3.63, 3.8) is 0 Å². The van der Waals surface area contributed by atoms with E-state index in [0.717, 1.165) is 12.8 Å². The summed E-state index contributed by atoms with van der Waals surface area (Å²) in [5, 5.41) is 0. The fourth-order valence-electron chi connectivity index (χ4n) is 2.01. The third kappa shape index (κ3) is 2.86. The van der Waals surface area contributed by atoms with Crippen LogP contribution in [0.5, 0.6) is 0 Å². The molecule has 0 fully saturated rings. The van der Waals surface area contributed by atoms with Gasteiger partial charge in [0.2, 0.25) is 0 Å². The van der Waals surface area contributed by atoms with Crippen LogP contribution < -0.4 is 0 Å². The predicted octanol–water partition coefficient (Wildman–Crippen LogP) is 3.63. The molecule has 0 spiro atoms. The predicted molar refractivity (Wildman–Crippen MR) is 79.6 cm³/mol. The average Bonchev–Trinajstić information content (AvgIpc) is 2.70. The van der Waals surface area contributed by atoms with Gasteiger partial charge in [0.15, 0.2) is 0 Å². The lowest BCUT2D eigenvalue weighted by Gasteiger charge is -2.36. The lowest BCUT2D eigenvalue weighted by atomic mass is 9.93. The SMILES string of the molecule is C=CC1=C(C=C)C(=O)N(C(C)(CC)CC)C1=O.CC. The van der Waals surface area contributed by atoms with E-state index in [-0.39, 0.29) is 11.8 Å². The van der Waals surface area contributed by atoms with Crippen molar-refractivity contribution in [2.24, 2.45) is 0 Å². The first-order valence-electron chi connectivity index (χ1n) is 6.84. The molecule has 0 bridgehead atoms. The van der Waals surface area contributed by atoms with Crippen molar-refractivity contribution in [1.82, 2.24) is 4.90 Å². The Kier molecular flexibility index (Phi) is 6.46. The Labute approximate surface area is 116 Å². The van der Waals surface area contributed by atoms with Crippen LogP contribution in [0.15, 0.2) is 36.5 Å². The molecule has 106 valence electrons. The summed E-state index contributed by atoms with van der Waals surface area (Å²) >= 11 is 0. The minimum atomic E-state index is -0.437. The van der Waals surface area contributed by atoms with E-state index in [2.05, 4.69) is 13.2 Å². The average molecular weight is 263 g/mol.